The molecule has 11 heteroatoms. The lowest BCUT2D eigenvalue weighted by Crippen LogP contribution is -2.58. The molecule has 10 atom stereocenters. The number of hydrogen-bond donors (Lipinski definition) is 8. The molecule has 0 amide bonds. The van der Waals surface area contributed by atoms with E-state index in [1.165, 1.54) is 7.11 Å². The average Bonchev–Trinajstić information content (AvgIpc) is 2.86. The monoisotopic (exact) mass is 494 g/mol. The summed E-state index contributed by atoms with van der Waals surface area (Å²) in [6.45, 7) is -0.947. The number of methoxy groups -OCH3 is 1. The summed E-state index contributed by atoms with van der Waals surface area (Å²) in [4.78, 5) is 0. The number of benzene rings is 1. The molecule has 192 valence electrons. The Balaban J connectivity index is 1.81. The van der Waals surface area contributed by atoms with Gasteiger partial charge >= 0.3 is 0 Å². The van der Waals surface area contributed by atoms with E-state index in [0.717, 1.165) is 0 Å². The van der Waals surface area contributed by atoms with Crippen molar-refractivity contribution in [1.82, 2.24) is 0 Å². The standard InChI is InChI=1S/C24H30O11/c1-33-11-14-8-12(3-6-15-19(27)23(31)21(29)17(9-25)34-15)2-4-13(14)5-7-16-20(28)24(32)22(30)18(10-26)35-16/h2,4,8,15-32H,9-11H2,1H3. The number of rotatable bonds is 4. The maximum Gasteiger partial charge on any atom is 0.147 e. The molecule has 0 bridgehead atoms. The van der Waals surface area contributed by atoms with Gasteiger partial charge in [0.15, 0.2) is 0 Å². The number of hydrogen-bond acceptors (Lipinski definition) is 11. The Bertz CT molecular complexity index is 973. The van der Waals surface area contributed by atoms with Crippen LogP contribution in [-0.4, -0.2) is 122 Å². The Morgan fingerprint density at radius 2 is 1.26 bits per heavy atom. The van der Waals surface area contributed by atoms with Crippen LogP contribution in [0.15, 0.2) is 18.2 Å². The summed E-state index contributed by atoms with van der Waals surface area (Å²) < 4.78 is 16.0. The van der Waals surface area contributed by atoms with Crippen LogP contribution in [-0.2, 0) is 20.8 Å². The second kappa shape index (κ2) is 12.2. The normalized spacial score (nSPS) is 37.1. The lowest BCUT2D eigenvalue weighted by molar-refractivity contribution is -0.214. The van der Waals surface area contributed by atoms with Gasteiger partial charge in [0, 0.05) is 18.2 Å². The van der Waals surface area contributed by atoms with Crippen LogP contribution in [0, 0.1) is 23.7 Å². The van der Waals surface area contributed by atoms with Crippen LogP contribution >= 0.6 is 0 Å². The zero-order valence-corrected chi connectivity index (χ0v) is 18.9. The summed E-state index contributed by atoms with van der Waals surface area (Å²) in [6.07, 6.45) is -13.3. The highest BCUT2D eigenvalue weighted by atomic mass is 16.5. The van der Waals surface area contributed by atoms with Gasteiger partial charge in [0.25, 0.3) is 0 Å². The molecule has 2 saturated heterocycles. The topological polar surface area (TPSA) is 190 Å². The first-order valence-electron chi connectivity index (χ1n) is 11.0. The van der Waals surface area contributed by atoms with Gasteiger partial charge in [0.1, 0.15) is 61.0 Å². The van der Waals surface area contributed by atoms with Gasteiger partial charge in [-0.3, -0.25) is 0 Å². The van der Waals surface area contributed by atoms with E-state index in [1.807, 2.05) is 0 Å². The molecule has 2 aliphatic heterocycles. The third-order valence-electron chi connectivity index (χ3n) is 5.90. The van der Waals surface area contributed by atoms with Crippen LogP contribution in [0.3, 0.4) is 0 Å². The van der Waals surface area contributed by atoms with Gasteiger partial charge in [-0.05, 0) is 23.8 Å². The molecule has 0 aliphatic carbocycles. The van der Waals surface area contributed by atoms with Crippen molar-refractivity contribution in [3.05, 3.63) is 34.9 Å². The number of aliphatic hydroxyl groups excluding tert-OH is 8. The average molecular weight is 494 g/mol. The van der Waals surface area contributed by atoms with Crippen molar-refractivity contribution in [1.29, 1.82) is 0 Å². The Morgan fingerprint density at radius 3 is 1.74 bits per heavy atom. The van der Waals surface area contributed by atoms with Gasteiger partial charge < -0.3 is 55.1 Å². The molecule has 0 aromatic heterocycles. The van der Waals surface area contributed by atoms with Gasteiger partial charge in [0.2, 0.25) is 0 Å². The molecule has 2 aliphatic rings. The maximum atomic E-state index is 10.2. The van der Waals surface area contributed by atoms with E-state index in [4.69, 9.17) is 14.2 Å². The Labute approximate surface area is 202 Å². The summed E-state index contributed by atoms with van der Waals surface area (Å²) in [6, 6.07) is 4.95. The predicted octanol–water partition coefficient (Wildman–Crippen LogP) is -3.78. The third-order valence-corrected chi connectivity index (χ3v) is 5.90. The fraction of sp³-hybridized carbons (Fsp3) is 0.583. The molecule has 3 rings (SSSR count). The van der Waals surface area contributed by atoms with Crippen LogP contribution in [0.4, 0.5) is 0 Å². The summed E-state index contributed by atoms with van der Waals surface area (Å²) in [7, 11) is 1.49. The molecule has 2 heterocycles. The molecule has 0 saturated carbocycles. The highest BCUT2D eigenvalue weighted by Gasteiger charge is 2.43. The minimum Gasteiger partial charge on any atom is -0.394 e. The molecule has 0 radical (unpaired) electrons. The van der Waals surface area contributed by atoms with Crippen molar-refractivity contribution >= 4 is 0 Å². The van der Waals surface area contributed by atoms with Gasteiger partial charge in [-0.2, -0.15) is 0 Å². The van der Waals surface area contributed by atoms with Crippen LogP contribution in [0.2, 0.25) is 0 Å². The lowest BCUT2D eigenvalue weighted by atomic mass is 9.95. The predicted molar refractivity (Wildman–Crippen MR) is 118 cm³/mol. The van der Waals surface area contributed by atoms with E-state index >= 15 is 0 Å². The Morgan fingerprint density at radius 1 is 0.743 bits per heavy atom. The van der Waals surface area contributed by atoms with Crippen molar-refractivity contribution in [2.75, 3.05) is 20.3 Å². The third kappa shape index (κ3) is 6.19. The molecule has 1 aromatic carbocycles. The largest absolute Gasteiger partial charge is 0.394 e. The quantitative estimate of drug-likeness (QED) is 0.192. The van der Waals surface area contributed by atoms with E-state index in [9.17, 15) is 40.9 Å². The highest BCUT2D eigenvalue weighted by Crippen LogP contribution is 2.22. The summed E-state index contributed by atoms with van der Waals surface area (Å²) in [5.41, 5.74) is 1.65. The smallest absolute Gasteiger partial charge is 0.147 e. The van der Waals surface area contributed by atoms with Crippen LogP contribution in [0.1, 0.15) is 16.7 Å². The SMILES string of the molecule is COCc1cc(C#CC2OC(CO)C(O)C(O)C2O)ccc1C#CC1OC(CO)C(O)C(O)C1O. The van der Waals surface area contributed by atoms with Crippen molar-refractivity contribution < 1.29 is 55.1 Å². The molecule has 10 unspecified atom stereocenters. The first-order valence-corrected chi connectivity index (χ1v) is 11.0. The van der Waals surface area contributed by atoms with Crippen molar-refractivity contribution in [2.24, 2.45) is 0 Å². The maximum absolute atomic E-state index is 10.2. The minimum absolute atomic E-state index is 0.161. The van der Waals surface area contributed by atoms with E-state index in [-0.39, 0.29) is 6.61 Å². The highest BCUT2D eigenvalue weighted by molar-refractivity contribution is 5.48. The van der Waals surface area contributed by atoms with E-state index in [0.29, 0.717) is 16.7 Å². The van der Waals surface area contributed by atoms with Gasteiger partial charge in [-0.25, -0.2) is 0 Å². The molecular formula is C24H30O11. The molecule has 0 spiro atoms. The number of aliphatic hydroxyl groups is 8. The second-order valence-electron chi connectivity index (χ2n) is 8.34. The summed E-state index contributed by atoms with van der Waals surface area (Å²) in [5.74, 6) is 11.1. The summed E-state index contributed by atoms with van der Waals surface area (Å²) >= 11 is 0. The molecule has 35 heavy (non-hydrogen) atoms. The molecular weight excluding hydrogens is 464 g/mol. The summed E-state index contributed by atoms with van der Waals surface area (Å²) in [5, 5.41) is 78.5. The van der Waals surface area contributed by atoms with Crippen molar-refractivity contribution in [2.45, 2.75) is 67.6 Å². The molecule has 1 aromatic rings. The minimum atomic E-state index is -1.53. The fourth-order valence-corrected chi connectivity index (χ4v) is 3.81. The van der Waals surface area contributed by atoms with Crippen LogP contribution in [0.5, 0.6) is 0 Å². The van der Waals surface area contributed by atoms with E-state index < -0.39 is 74.3 Å². The van der Waals surface area contributed by atoms with Crippen molar-refractivity contribution in [3.8, 4) is 23.7 Å². The second-order valence-corrected chi connectivity index (χ2v) is 8.34. The lowest BCUT2D eigenvalue weighted by Gasteiger charge is -2.37. The first-order chi connectivity index (χ1) is 16.7. The van der Waals surface area contributed by atoms with Crippen LogP contribution in [0.25, 0.3) is 0 Å². The zero-order valence-electron chi connectivity index (χ0n) is 18.9. The van der Waals surface area contributed by atoms with Crippen molar-refractivity contribution in [3.63, 3.8) is 0 Å². The number of ether oxygens (including phenoxy) is 3. The van der Waals surface area contributed by atoms with Gasteiger partial charge in [0.05, 0.1) is 19.8 Å². The Kier molecular flexibility index (Phi) is 9.61. The fourth-order valence-electron chi connectivity index (χ4n) is 3.81. The van der Waals surface area contributed by atoms with Crippen LogP contribution < -0.4 is 0 Å². The van der Waals surface area contributed by atoms with E-state index in [1.54, 1.807) is 18.2 Å². The Hall–Kier alpha value is -2.10. The zero-order chi connectivity index (χ0) is 25.7. The molecule has 2 fully saturated rings. The molecule has 8 N–H and O–H groups in total. The van der Waals surface area contributed by atoms with Gasteiger partial charge in [-0.15, -0.1) is 0 Å². The van der Waals surface area contributed by atoms with Gasteiger partial charge in [-0.1, -0.05) is 23.7 Å². The first kappa shape index (κ1) is 27.5. The van der Waals surface area contributed by atoms with E-state index in [2.05, 4.69) is 23.7 Å². The molecule has 11 nitrogen and oxygen atoms in total.